The highest BCUT2D eigenvalue weighted by atomic mass is 16.5. The van der Waals surface area contributed by atoms with Crippen LogP contribution in [0.2, 0.25) is 0 Å². The Hall–Kier alpha value is -2.56. The Balaban J connectivity index is 1.53. The van der Waals surface area contributed by atoms with Crippen LogP contribution >= 0.6 is 0 Å². The average molecular weight is 354 g/mol. The number of piperazine rings is 1. The van der Waals surface area contributed by atoms with Crippen molar-refractivity contribution in [3.05, 3.63) is 53.9 Å². The summed E-state index contributed by atoms with van der Waals surface area (Å²) in [4.78, 5) is 19.8. The van der Waals surface area contributed by atoms with Gasteiger partial charge in [0.1, 0.15) is 5.75 Å². The Morgan fingerprint density at radius 2 is 1.81 bits per heavy atom. The zero-order valence-corrected chi connectivity index (χ0v) is 15.9. The molecule has 5 heteroatoms. The van der Waals surface area contributed by atoms with E-state index in [-0.39, 0.29) is 12.5 Å². The van der Waals surface area contributed by atoms with Crippen LogP contribution in [-0.2, 0) is 4.79 Å². The second kappa shape index (κ2) is 8.21. The highest BCUT2D eigenvalue weighted by Gasteiger charge is 2.22. The van der Waals surface area contributed by atoms with Gasteiger partial charge in [0.05, 0.1) is 0 Å². The molecule has 3 rings (SSSR count). The first-order chi connectivity index (χ1) is 12.5. The number of carbonyl (C=O) groups excluding carboxylic acids is 1. The number of H-pyrrole nitrogens is 1. The Bertz CT molecular complexity index is 738. The lowest BCUT2D eigenvalue weighted by molar-refractivity contribution is -0.377. The number of carbonyl (C=O) groups is 1. The smallest absolute Gasteiger partial charge is 0.260 e. The maximum Gasteiger partial charge on any atom is 0.260 e. The molecule has 2 aromatic rings. The van der Waals surface area contributed by atoms with E-state index in [0.29, 0.717) is 5.92 Å². The lowest BCUT2D eigenvalue weighted by Crippen LogP contribution is -2.50. The van der Waals surface area contributed by atoms with E-state index >= 15 is 0 Å². The molecule has 5 nitrogen and oxygen atoms in total. The fourth-order valence-corrected chi connectivity index (χ4v) is 3.17. The zero-order valence-electron chi connectivity index (χ0n) is 15.9. The molecule has 1 aromatic carbocycles. The minimum Gasteiger partial charge on any atom is -0.483 e. The van der Waals surface area contributed by atoms with E-state index in [1.54, 1.807) is 0 Å². The molecule has 1 fully saturated rings. The number of hydrogen-bond acceptors (Lipinski definition) is 3. The molecule has 1 amide bonds. The first-order valence-corrected chi connectivity index (χ1v) is 9.27. The van der Waals surface area contributed by atoms with E-state index in [0.717, 1.165) is 37.5 Å². The van der Waals surface area contributed by atoms with Crippen molar-refractivity contribution < 1.29 is 14.5 Å². The molecule has 138 valence electrons. The second-order valence-corrected chi connectivity index (χ2v) is 7.09. The quantitative estimate of drug-likeness (QED) is 0.829. The van der Waals surface area contributed by atoms with Crippen LogP contribution in [0.25, 0.3) is 0 Å². The van der Waals surface area contributed by atoms with Gasteiger partial charge in [0.25, 0.3) is 5.91 Å². The number of nitrogens with one attached hydrogen (secondary N) is 1. The molecule has 0 aliphatic carbocycles. The fourth-order valence-electron chi connectivity index (χ4n) is 3.17. The Kier molecular flexibility index (Phi) is 5.76. The van der Waals surface area contributed by atoms with Crippen molar-refractivity contribution in [3.8, 4) is 5.75 Å². The van der Waals surface area contributed by atoms with E-state index in [9.17, 15) is 4.79 Å². The monoisotopic (exact) mass is 354 g/mol. The van der Waals surface area contributed by atoms with E-state index in [1.165, 1.54) is 11.3 Å². The van der Waals surface area contributed by atoms with Gasteiger partial charge in [0, 0.05) is 44.0 Å². The summed E-state index contributed by atoms with van der Waals surface area (Å²) in [7, 11) is 0. The summed E-state index contributed by atoms with van der Waals surface area (Å²) in [5.74, 6) is 1.31. The van der Waals surface area contributed by atoms with Gasteiger partial charge in [-0.3, -0.25) is 4.79 Å². The van der Waals surface area contributed by atoms with Gasteiger partial charge in [0.2, 0.25) is 0 Å². The number of anilines is 1. The predicted octanol–water partition coefficient (Wildman–Crippen LogP) is 2.66. The number of aromatic nitrogens is 1. The van der Waals surface area contributed by atoms with Gasteiger partial charge < -0.3 is 14.5 Å². The minimum absolute atomic E-state index is 0.0559. The number of benzene rings is 1. The number of nitrogens with zero attached hydrogens (tertiary/aromatic N) is 2. The normalized spacial score (nSPS) is 14.6. The molecule has 2 heterocycles. The number of ether oxygens (including phenoxy) is 1. The van der Waals surface area contributed by atoms with Crippen LogP contribution in [0, 0.1) is 6.92 Å². The fraction of sp³-hybridized carbons (Fsp3) is 0.429. The summed E-state index contributed by atoms with van der Waals surface area (Å²) in [6, 6.07) is 10.4. The van der Waals surface area contributed by atoms with Gasteiger partial charge >= 0.3 is 0 Å². The van der Waals surface area contributed by atoms with Crippen LogP contribution in [0.15, 0.2) is 42.7 Å². The molecule has 0 saturated carbocycles. The number of aromatic amines is 1. The molecule has 26 heavy (non-hydrogen) atoms. The van der Waals surface area contributed by atoms with Crippen LogP contribution < -0.4 is 14.6 Å². The van der Waals surface area contributed by atoms with Crippen molar-refractivity contribution >= 4 is 11.6 Å². The van der Waals surface area contributed by atoms with Crippen molar-refractivity contribution in [3.63, 3.8) is 0 Å². The van der Waals surface area contributed by atoms with Crippen molar-refractivity contribution in [2.75, 3.05) is 37.7 Å². The number of hydrogen-bond donors (Lipinski definition) is 0. The maximum atomic E-state index is 12.5. The molecule has 0 unspecified atom stereocenters. The molecule has 1 aliphatic heterocycles. The number of amides is 1. The Morgan fingerprint density at radius 1 is 1.12 bits per heavy atom. The van der Waals surface area contributed by atoms with Crippen LogP contribution in [0.4, 0.5) is 5.69 Å². The number of aryl methyl sites for hydroxylation is 1. The van der Waals surface area contributed by atoms with Gasteiger partial charge in [-0.25, -0.2) is 4.98 Å². The van der Waals surface area contributed by atoms with E-state index in [1.807, 2.05) is 24.2 Å². The molecule has 1 saturated heterocycles. The largest absolute Gasteiger partial charge is 0.483 e. The van der Waals surface area contributed by atoms with E-state index in [4.69, 9.17) is 4.74 Å². The molecule has 1 aromatic heterocycles. The third-order valence-corrected chi connectivity index (χ3v) is 4.93. The summed E-state index contributed by atoms with van der Waals surface area (Å²) in [5, 5.41) is 0. The number of pyridine rings is 1. The van der Waals surface area contributed by atoms with Crippen molar-refractivity contribution in [2.24, 2.45) is 0 Å². The molecule has 1 aliphatic rings. The molecule has 0 atom stereocenters. The van der Waals surface area contributed by atoms with Crippen LogP contribution in [0.1, 0.15) is 30.9 Å². The highest BCUT2D eigenvalue weighted by Crippen LogP contribution is 2.24. The summed E-state index contributed by atoms with van der Waals surface area (Å²) in [6.45, 7) is 9.57. The van der Waals surface area contributed by atoms with Crippen molar-refractivity contribution in [1.82, 2.24) is 4.90 Å². The zero-order chi connectivity index (χ0) is 18.5. The highest BCUT2D eigenvalue weighted by molar-refractivity contribution is 5.78. The average Bonchev–Trinajstić information content (AvgIpc) is 2.67. The lowest BCUT2D eigenvalue weighted by Gasteiger charge is -2.35. The van der Waals surface area contributed by atoms with Crippen LogP contribution in [-0.4, -0.2) is 43.6 Å². The lowest BCUT2D eigenvalue weighted by atomic mass is 10.0. The van der Waals surface area contributed by atoms with Gasteiger partial charge in [-0.1, -0.05) is 26.0 Å². The first kappa shape index (κ1) is 18.2. The summed E-state index contributed by atoms with van der Waals surface area (Å²) >= 11 is 0. The molecule has 1 N–H and O–H groups in total. The molecule has 0 spiro atoms. The van der Waals surface area contributed by atoms with E-state index < -0.39 is 0 Å². The third-order valence-electron chi connectivity index (χ3n) is 4.93. The van der Waals surface area contributed by atoms with Crippen LogP contribution in [0.5, 0.6) is 5.75 Å². The van der Waals surface area contributed by atoms with Crippen molar-refractivity contribution in [1.29, 1.82) is 0 Å². The van der Waals surface area contributed by atoms with Gasteiger partial charge in [-0.05, 0) is 30.0 Å². The maximum absolute atomic E-state index is 12.5. The second-order valence-electron chi connectivity index (χ2n) is 7.09. The van der Waals surface area contributed by atoms with Gasteiger partial charge in [-0.15, -0.1) is 0 Å². The summed E-state index contributed by atoms with van der Waals surface area (Å²) in [6.07, 6.45) is 3.85. The van der Waals surface area contributed by atoms with Gasteiger partial charge in [-0.2, -0.15) is 0 Å². The Morgan fingerprint density at radius 3 is 2.46 bits per heavy atom. The molecule has 0 bridgehead atoms. The third kappa shape index (κ3) is 4.34. The predicted molar refractivity (Wildman–Crippen MR) is 103 cm³/mol. The van der Waals surface area contributed by atoms with Crippen LogP contribution in [0.3, 0.4) is 0 Å². The molecular weight excluding hydrogens is 326 g/mol. The first-order valence-electron chi connectivity index (χ1n) is 9.27. The van der Waals surface area contributed by atoms with Crippen molar-refractivity contribution in [2.45, 2.75) is 26.7 Å². The standard InChI is InChI=1S/C21H27N3O2/c1-16(2)18-5-4-17(3)20(14-18)26-15-21(25)24-12-10-23(11-13-24)19-6-8-22-9-7-19/h4-9,14,16H,10-13,15H2,1-3H3/p+1. The topological polar surface area (TPSA) is 46.9 Å². The summed E-state index contributed by atoms with van der Waals surface area (Å²) < 4.78 is 5.85. The SMILES string of the molecule is Cc1ccc(C(C)C)cc1OCC(=O)N1CCN(c2cc[nH+]cc2)CC1. The molecular formula is C21H28N3O2+. The van der Waals surface area contributed by atoms with E-state index in [2.05, 4.69) is 54.1 Å². The van der Waals surface area contributed by atoms with Gasteiger partial charge in [0.15, 0.2) is 19.0 Å². The Labute approximate surface area is 155 Å². The number of rotatable bonds is 5. The molecule has 0 radical (unpaired) electrons. The minimum atomic E-state index is 0.0559. The summed E-state index contributed by atoms with van der Waals surface area (Å²) in [5.41, 5.74) is 3.48.